The molecule has 1 rings (SSSR count). The first-order valence-corrected chi connectivity index (χ1v) is 6.28. The summed E-state index contributed by atoms with van der Waals surface area (Å²) in [5.74, 6) is 0.480. The van der Waals surface area contributed by atoms with Gasteiger partial charge in [-0.1, -0.05) is 40.0 Å². The van der Waals surface area contributed by atoms with Crippen molar-refractivity contribution in [1.82, 2.24) is 14.8 Å². The predicted molar refractivity (Wildman–Crippen MR) is 69.7 cm³/mol. The number of anilines is 1. The molecule has 3 N–H and O–H groups in total. The molecule has 0 aliphatic heterocycles. The largest absolute Gasteiger partial charge is 0.368 e. The number of aromatic amines is 1. The lowest BCUT2D eigenvalue weighted by Gasteiger charge is -2.25. The average molecular weight is 242 g/mol. The lowest BCUT2D eigenvalue weighted by molar-refractivity contribution is 0.271. The molecule has 0 bridgehead atoms. The van der Waals surface area contributed by atoms with Gasteiger partial charge in [0.25, 0.3) is 0 Å². The zero-order valence-electron chi connectivity index (χ0n) is 10.4. The molecule has 0 fully saturated rings. The van der Waals surface area contributed by atoms with E-state index in [-0.39, 0.29) is 5.41 Å². The van der Waals surface area contributed by atoms with Crippen LogP contribution in [-0.4, -0.2) is 14.8 Å². The van der Waals surface area contributed by atoms with Gasteiger partial charge in [0, 0.05) is 6.54 Å². The fourth-order valence-electron chi connectivity index (χ4n) is 1.84. The number of nitrogens with zero attached hydrogens (tertiary/aromatic N) is 2. The van der Waals surface area contributed by atoms with Crippen LogP contribution in [0.15, 0.2) is 0 Å². The van der Waals surface area contributed by atoms with Crippen LogP contribution in [0.3, 0.4) is 0 Å². The molecule has 1 heterocycles. The standard InChI is InChI=1S/C11H22N4S/c1-4-5-6-7-11(2,3)8-15-9(12)13-14-10(15)16/h4-8H2,1-3H3,(H2,12,13)(H,14,16). The lowest BCUT2D eigenvalue weighted by Crippen LogP contribution is -2.21. The van der Waals surface area contributed by atoms with Gasteiger partial charge in [-0.05, 0) is 24.1 Å². The molecule has 0 saturated carbocycles. The van der Waals surface area contributed by atoms with Crippen LogP contribution in [0.1, 0.15) is 46.5 Å². The predicted octanol–water partition coefficient (Wildman–Crippen LogP) is 3.13. The highest BCUT2D eigenvalue weighted by Crippen LogP contribution is 2.26. The molecule has 0 aliphatic carbocycles. The third-order valence-electron chi connectivity index (χ3n) is 2.83. The molecular formula is C11H22N4S. The molecule has 0 unspecified atom stereocenters. The monoisotopic (exact) mass is 242 g/mol. The van der Waals surface area contributed by atoms with Gasteiger partial charge in [-0.25, -0.2) is 5.10 Å². The Kier molecular flexibility index (Phi) is 4.53. The molecule has 1 aromatic heterocycles. The number of nitrogens with one attached hydrogen (secondary N) is 1. The summed E-state index contributed by atoms with van der Waals surface area (Å²) in [6.07, 6.45) is 4.99. The SMILES string of the molecule is CCCCCC(C)(C)Cn1c(N)n[nH]c1=S. The van der Waals surface area contributed by atoms with Crippen LogP contribution in [0.5, 0.6) is 0 Å². The van der Waals surface area contributed by atoms with E-state index in [0.29, 0.717) is 10.7 Å². The summed E-state index contributed by atoms with van der Waals surface area (Å²) in [7, 11) is 0. The minimum Gasteiger partial charge on any atom is -0.368 e. The second-order valence-corrected chi connectivity index (χ2v) is 5.48. The van der Waals surface area contributed by atoms with Crippen LogP contribution >= 0.6 is 12.2 Å². The Bertz CT molecular complexity index is 378. The number of H-pyrrole nitrogens is 1. The molecule has 0 spiro atoms. The smallest absolute Gasteiger partial charge is 0.220 e. The summed E-state index contributed by atoms with van der Waals surface area (Å²) < 4.78 is 2.49. The molecule has 0 radical (unpaired) electrons. The van der Waals surface area contributed by atoms with E-state index in [1.54, 1.807) is 0 Å². The van der Waals surface area contributed by atoms with E-state index in [1.807, 2.05) is 4.57 Å². The van der Waals surface area contributed by atoms with Gasteiger partial charge in [0.05, 0.1) is 0 Å². The van der Waals surface area contributed by atoms with Crippen molar-refractivity contribution in [3.8, 4) is 0 Å². The van der Waals surface area contributed by atoms with Crippen molar-refractivity contribution in [3.63, 3.8) is 0 Å². The molecule has 0 aliphatic rings. The third-order valence-corrected chi connectivity index (χ3v) is 3.14. The number of hydrogen-bond acceptors (Lipinski definition) is 3. The Morgan fingerprint density at radius 3 is 2.62 bits per heavy atom. The van der Waals surface area contributed by atoms with Crippen LogP contribution in [0.2, 0.25) is 0 Å². The van der Waals surface area contributed by atoms with E-state index in [0.717, 1.165) is 6.54 Å². The molecule has 0 saturated heterocycles. The van der Waals surface area contributed by atoms with E-state index < -0.39 is 0 Å². The molecule has 0 amide bonds. The van der Waals surface area contributed by atoms with Gasteiger partial charge in [0.15, 0.2) is 4.77 Å². The molecule has 92 valence electrons. The first-order chi connectivity index (χ1) is 7.46. The van der Waals surface area contributed by atoms with E-state index in [2.05, 4.69) is 31.0 Å². The van der Waals surface area contributed by atoms with Gasteiger partial charge in [-0.3, -0.25) is 4.57 Å². The summed E-state index contributed by atoms with van der Waals surface area (Å²) in [6, 6.07) is 0. The van der Waals surface area contributed by atoms with Crippen LogP contribution in [0.25, 0.3) is 0 Å². The average Bonchev–Trinajstić information content (AvgIpc) is 2.49. The molecule has 1 aromatic rings. The van der Waals surface area contributed by atoms with Crippen LogP contribution in [0, 0.1) is 10.2 Å². The van der Waals surface area contributed by atoms with Crippen molar-refractivity contribution >= 4 is 18.2 Å². The Morgan fingerprint density at radius 2 is 2.12 bits per heavy atom. The number of unbranched alkanes of at least 4 members (excludes halogenated alkanes) is 2. The van der Waals surface area contributed by atoms with Crippen molar-refractivity contribution in [2.45, 2.75) is 53.0 Å². The van der Waals surface area contributed by atoms with Gasteiger partial charge in [-0.15, -0.1) is 5.10 Å². The van der Waals surface area contributed by atoms with Crippen molar-refractivity contribution < 1.29 is 0 Å². The molecule has 16 heavy (non-hydrogen) atoms. The maximum absolute atomic E-state index is 5.76. The van der Waals surface area contributed by atoms with Crippen LogP contribution in [0.4, 0.5) is 5.95 Å². The van der Waals surface area contributed by atoms with Crippen LogP contribution in [-0.2, 0) is 6.54 Å². The van der Waals surface area contributed by atoms with Crippen molar-refractivity contribution in [1.29, 1.82) is 0 Å². The zero-order valence-corrected chi connectivity index (χ0v) is 11.2. The molecule has 4 nitrogen and oxygen atoms in total. The molecule has 0 aromatic carbocycles. The number of aromatic nitrogens is 3. The Hall–Kier alpha value is -0.840. The lowest BCUT2D eigenvalue weighted by atomic mass is 9.87. The van der Waals surface area contributed by atoms with Gasteiger partial charge in [0.2, 0.25) is 5.95 Å². The van der Waals surface area contributed by atoms with E-state index in [4.69, 9.17) is 18.0 Å². The highest BCUT2D eigenvalue weighted by atomic mass is 32.1. The Morgan fingerprint density at radius 1 is 1.44 bits per heavy atom. The summed E-state index contributed by atoms with van der Waals surface area (Å²) in [4.78, 5) is 0. The minimum atomic E-state index is 0.214. The van der Waals surface area contributed by atoms with Crippen LogP contribution < -0.4 is 5.73 Å². The number of hydrogen-bond donors (Lipinski definition) is 2. The second kappa shape index (κ2) is 5.48. The molecular weight excluding hydrogens is 220 g/mol. The van der Waals surface area contributed by atoms with E-state index in [9.17, 15) is 0 Å². The van der Waals surface area contributed by atoms with E-state index >= 15 is 0 Å². The van der Waals surface area contributed by atoms with Gasteiger partial charge in [-0.2, -0.15) is 0 Å². The first kappa shape index (κ1) is 13.2. The topological polar surface area (TPSA) is 59.6 Å². The maximum Gasteiger partial charge on any atom is 0.220 e. The maximum atomic E-state index is 5.76. The fourth-order valence-corrected chi connectivity index (χ4v) is 2.05. The number of nitrogens with two attached hydrogens (primary N) is 1. The zero-order chi connectivity index (χ0) is 12.2. The molecule has 0 atom stereocenters. The normalized spacial score (nSPS) is 11.9. The fraction of sp³-hybridized carbons (Fsp3) is 0.818. The summed E-state index contributed by atoms with van der Waals surface area (Å²) >= 11 is 5.14. The van der Waals surface area contributed by atoms with E-state index in [1.165, 1.54) is 25.7 Å². The molecule has 5 heteroatoms. The van der Waals surface area contributed by atoms with Crippen molar-refractivity contribution in [2.24, 2.45) is 5.41 Å². The second-order valence-electron chi connectivity index (χ2n) is 5.09. The quantitative estimate of drug-likeness (QED) is 0.595. The van der Waals surface area contributed by atoms with Gasteiger partial charge in [0.1, 0.15) is 0 Å². The highest BCUT2D eigenvalue weighted by Gasteiger charge is 2.19. The Balaban J connectivity index is 2.61. The number of rotatable bonds is 6. The highest BCUT2D eigenvalue weighted by molar-refractivity contribution is 7.71. The van der Waals surface area contributed by atoms with Gasteiger partial charge >= 0.3 is 0 Å². The summed E-state index contributed by atoms with van der Waals surface area (Å²) in [5.41, 5.74) is 5.97. The minimum absolute atomic E-state index is 0.214. The Labute approximate surface area is 102 Å². The first-order valence-electron chi connectivity index (χ1n) is 5.87. The van der Waals surface area contributed by atoms with Crippen molar-refractivity contribution in [3.05, 3.63) is 4.77 Å². The third kappa shape index (κ3) is 3.63. The number of nitrogen functional groups attached to an aromatic ring is 1. The summed E-state index contributed by atoms with van der Waals surface area (Å²) in [6.45, 7) is 7.54. The summed E-state index contributed by atoms with van der Waals surface area (Å²) in [5, 5.41) is 6.64. The van der Waals surface area contributed by atoms with Gasteiger partial charge < -0.3 is 5.73 Å². The van der Waals surface area contributed by atoms with Crippen molar-refractivity contribution in [2.75, 3.05) is 5.73 Å².